The van der Waals surface area contributed by atoms with Gasteiger partial charge in [-0.05, 0) is 79.9 Å². The largest absolute Gasteiger partial charge is 0.507 e. The standard InChI is InChI=1S/C34H34N6O6/c1-45-31-21-5-3-6-22(31)14-26-10-20(18-38-40-34(36)44)12-28(30(26)42)16-24-8-4-7-23(32(24)46-2)15-27-11-19(17-37-39-33(35)43)9-25(13-21)29(27)41/h3-12,17-18,41-42H,13-16H2,1-2H3,(H3,35,39,43)(H3,36,40,44)/b37-17+,38-18?. The number of urea groups is 2. The van der Waals surface area contributed by atoms with Gasteiger partial charge in [-0.3, -0.25) is 0 Å². The molecule has 12 heteroatoms. The molecule has 12 nitrogen and oxygen atoms in total. The summed E-state index contributed by atoms with van der Waals surface area (Å²) in [5, 5.41) is 31.0. The maximum Gasteiger partial charge on any atom is 0.332 e. The molecule has 0 aromatic heterocycles. The van der Waals surface area contributed by atoms with Gasteiger partial charge >= 0.3 is 12.1 Å². The lowest BCUT2D eigenvalue weighted by molar-refractivity contribution is 0.248. The maximum absolute atomic E-state index is 11.6. The highest BCUT2D eigenvalue weighted by molar-refractivity contribution is 5.84. The van der Waals surface area contributed by atoms with E-state index in [1.54, 1.807) is 38.5 Å². The molecule has 8 N–H and O–H groups in total. The van der Waals surface area contributed by atoms with Crippen molar-refractivity contribution in [2.75, 3.05) is 14.2 Å². The van der Waals surface area contributed by atoms with Crippen molar-refractivity contribution < 1.29 is 29.3 Å². The van der Waals surface area contributed by atoms with E-state index in [9.17, 15) is 19.8 Å². The molecule has 0 saturated heterocycles. The van der Waals surface area contributed by atoms with Gasteiger partial charge < -0.3 is 31.2 Å². The van der Waals surface area contributed by atoms with Crippen LogP contribution in [0.3, 0.4) is 0 Å². The van der Waals surface area contributed by atoms with E-state index in [1.807, 2.05) is 36.4 Å². The van der Waals surface area contributed by atoms with Crippen LogP contribution in [0, 0.1) is 0 Å². The highest BCUT2D eigenvalue weighted by atomic mass is 16.5. The Morgan fingerprint density at radius 3 is 1.20 bits per heavy atom. The molecular formula is C34H34N6O6. The molecular weight excluding hydrogens is 588 g/mol. The molecule has 1 aliphatic carbocycles. The van der Waals surface area contributed by atoms with Gasteiger partial charge in [-0.15, -0.1) is 0 Å². The summed E-state index contributed by atoms with van der Waals surface area (Å²) in [6, 6.07) is 17.0. The van der Waals surface area contributed by atoms with Gasteiger partial charge in [0.2, 0.25) is 0 Å². The van der Waals surface area contributed by atoms with E-state index in [0.717, 1.165) is 22.3 Å². The van der Waals surface area contributed by atoms with Crippen molar-refractivity contribution in [1.29, 1.82) is 0 Å². The normalized spacial score (nSPS) is 12.6. The van der Waals surface area contributed by atoms with Gasteiger partial charge in [-0.2, -0.15) is 10.2 Å². The van der Waals surface area contributed by atoms with Gasteiger partial charge in [0.05, 0.1) is 26.6 Å². The molecule has 0 spiro atoms. The van der Waals surface area contributed by atoms with Gasteiger partial charge in [0.15, 0.2) is 0 Å². The molecule has 0 saturated carbocycles. The van der Waals surface area contributed by atoms with Gasteiger partial charge in [-0.25, -0.2) is 20.4 Å². The third kappa shape index (κ3) is 7.02. The number of primary amides is 2. The number of phenols is 2. The predicted octanol–water partition coefficient (Wildman–Crippen LogP) is 3.80. The van der Waals surface area contributed by atoms with Crippen LogP contribution in [0.15, 0.2) is 70.9 Å². The van der Waals surface area contributed by atoms with E-state index in [2.05, 4.69) is 21.1 Å². The zero-order valence-corrected chi connectivity index (χ0v) is 25.3. The number of amides is 4. The second-order valence-corrected chi connectivity index (χ2v) is 10.8. The zero-order valence-electron chi connectivity index (χ0n) is 25.3. The number of nitrogens with zero attached hydrogens (tertiary/aromatic N) is 2. The first-order chi connectivity index (χ1) is 22.2. The fourth-order valence-electron chi connectivity index (χ4n) is 5.78. The number of ether oxygens (including phenoxy) is 2. The number of nitrogens with one attached hydrogen (secondary N) is 2. The summed E-state index contributed by atoms with van der Waals surface area (Å²) in [7, 11) is 3.15. The number of hydrogen-bond acceptors (Lipinski definition) is 8. The quantitative estimate of drug-likeness (QED) is 0.123. The monoisotopic (exact) mass is 622 g/mol. The van der Waals surface area contributed by atoms with E-state index in [4.69, 9.17) is 20.9 Å². The number of fused-ring (bicyclic) bond motifs is 8. The Bertz CT molecular complexity index is 1640. The van der Waals surface area contributed by atoms with Crippen LogP contribution in [0.2, 0.25) is 0 Å². The number of hydrazone groups is 2. The van der Waals surface area contributed by atoms with Crippen LogP contribution in [0.4, 0.5) is 9.59 Å². The van der Waals surface area contributed by atoms with Crippen molar-refractivity contribution >= 4 is 24.5 Å². The second-order valence-electron chi connectivity index (χ2n) is 10.8. The van der Waals surface area contributed by atoms with Crippen molar-refractivity contribution in [3.05, 3.63) is 116 Å². The molecule has 5 rings (SSSR count). The van der Waals surface area contributed by atoms with Crippen LogP contribution < -0.4 is 31.8 Å². The van der Waals surface area contributed by atoms with E-state index >= 15 is 0 Å². The van der Waals surface area contributed by atoms with Gasteiger partial charge in [-0.1, -0.05) is 36.4 Å². The topological polar surface area (TPSA) is 194 Å². The van der Waals surface area contributed by atoms with Crippen molar-refractivity contribution in [3.63, 3.8) is 0 Å². The average molecular weight is 623 g/mol. The number of nitrogens with two attached hydrogens (primary N) is 2. The Kier molecular flexibility index (Phi) is 9.36. The minimum atomic E-state index is -0.794. The van der Waals surface area contributed by atoms with Crippen LogP contribution >= 0.6 is 0 Å². The number of rotatable bonds is 6. The molecule has 1 aliphatic rings. The lowest BCUT2D eigenvalue weighted by Gasteiger charge is -2.20. The Balaban J connectivity index is 1.73. The summed E-state index contributed by atoms with van der Waals surface area (Å²) >= 11 is 0. The molecule has 4 amide bonds. The smallest absolute Gasteiger partial charge is 0.332 e. The molecule has 4 aromatic rings. The number of aromatic hydroxyl groups is 2. The number of methoxy groups -OCH3 is 2. The average Bonchev–Trinajstić information content (AvgIpc) is 3.01. The first-order valence-electron chi connectivity index (χ1n) is 14.3. The lowest BCUT2D eigenvalue weighted by atomic mass is 9.90. The van der Waals surface area contributed by atoms with E-state index in [0.29, 0.717) is 70.6 Å². The predicted molar refractivity (Wildman–Crippen MR) is 174 cm³/mol. The second kappa shape index (κ2) is 13.7. The van der Waals surface area contributed by atoms with E-state index in [-0.39, 0.29) is 11.5 Å². The molecule has 46 heavy (non-hydrogen) atoms. The van der Waals surface area contributed by atoms with Crippen LogP contribution in [0.1, 0.15) is 55.6 Å². The summed E-state index contributed by atoms with van der Waals surface area (Å²) in [5.74, 6) is 1.44. The molecule has 0 atom stereocenters. The first kappa shape index (κ1) is 31.4. The Morgan fingerprint density at radius 1 is 0.630 bits per heavy atom. The Morgan fingerprint density at radius 2 is 0.935 bits per heavy atom. The van der Waals surface area contributed by atoms with Crippen LogP contribution in [0.5, 0.6) is 23.0 Å². The van der Waals surface area contributed by atoms with Crippen LogP contribution in [0.25, 0.3) is 0 Å². The highest BCUT2D eigenvalue weighted by Crippen LogP contribution is 2.38. The molecule has 8 bridgehead atoms. The number of para-hydroxylation sites is 2. The SMILES string of the molecule is COc1c2cccc1Cc1cc(/C=N/NC(N)=O)cc(c1O)Cc1cccc(c1OC)Cc1cc(C=NNC(N)=O)cc(c1O)C2. The number of hydrogen-bond donors (Lipinski definition) is 6. The molecule has 0 aliphatic heterocycles. The minimum absolute atomic E-state index is 0.114. The van der Waals surface area contributed by atoms with Crippen LogP contribution in [-0.2, 0) is 25.7 Å². The van der Waals surface area contributed by atoms with E-state index in [1.165, 1.54) is 12.4 Å². The third-order valence-corrected chi connectivity index (χ3v) is 7.65. The summed E-state index contributed by atoms with van der Waals surface area (Å²) in [6.45, 7) is 0. The molecule has 4 aromatic carbocycles. The van der Waals surface area contributed by atoms with Crippen LogP contribution in [-0.4, -0.2) is 48.9 Å². The van der Waals surface area contributed by atoms with Gasteiger partial charge in [0, 0.05) is 25.7 Å². The molecule has 0 fully saturated rings. The maximum atomic E-state index is 11.6. The first-order valence-corrected chi connectivity index (χ1v) is 14.3. The lowest BCUT2D eigenvalue weighted by Crippen LogP contribution is -2.24. The molecule has 0 unspecified atom stereocenters. The Hall–Kier alpha value is -6.04. The fourth-order valence-corrected chi connectivity index (χ4v) is 5.78. The third-order valence-electron chi connectivity index (χ3n) is 7.65. The van der Waals surface area contributed by atoms with Crippen molar-refractivity contribution in [1.82, 2.24) is 10.9 Å². The summed E-state index contributed by atoms with van der Waals surface area (Å²) in [4.78, 5) is 22.4. The number of carbonyl (C=O) groups is 2. The van der Waals surface area contributed by atoms with Crippen molar-refractivity contribution in [3.8, 4) is 23.0 Å². The van der Waals surface area contributed by atoms with Gasteiger partial charge in [0.1, 0.15) is 23.0 Å². The van der Waals surface area contributed by atoms with Gasteiger partial charge in [0.25, 0.3) is 0 Å². The number of carbonyl (C=O) groups excluding carboxylic acids is 2. The molecule has 0 heterocycles. The summed E-state index contributed by atoms with van der Waals surface area (Å²) in [6.07, 6.45) is 4.15. The molecule has 236 valence electrons. The zero-order chi connectivity index (χ0) is 32.8. The number of phenolic OH excluding ortho intramolecular Hbond substituents is 2. The Labute approximate surface area is 265 Å². The van der Waals surface area contributed by atoms with E-state index < -0.39 is 12.1 Å². The van der Waals surface area contributed by atoms with Crippen molar-refractivity contribution in [2.45, 2.75) is 25.7 Å². The number of benzene rings is 4. The summed E-state index contributed by atoms with van der Waals surface area (Å²) in [5.41, 5.74) is 21.7. The summed E-state index contributed by atoms with van der Waals surface area (Å²) < 4.78 is 11.8. The molecule has 0 radical (unpaired) electrons. The van der Waals surface area contributed by atoms with Crippen molar-refractivity contribution in [2.24, 2.45) is 21.7 Å². The fraction of sp³-hybridized carbons (Fsp3) is 0.176. The minimum Gasteiger partial charge on any atom is -0.507 e. The highest BCUT2D eigenvalue weighted by Gasteiger charge is 2.21.